The molecule has 0 saturated heterocycles. The highest BCUT2D eigenvalue weighted by molar-refractivity contribution is 5.20. The fourth-order valence-corrected chi connectivity index (χ4v) is 2.16. The van der Waals surface area contributed by atoms with Crippen molar-refractivity contribution in [2.24, 2.45) is 11.8 Å². The van der Waals surface area contributed by atoms with Gasteiger partial charge < -0.3 is 4.74 Å². The van der Waals surface area contributed by atoms with Gasteiger partial charge >= 0.3 is 0 Å². The van der Waals surface area contributed by atoms with Crippen LogP contribution in [0.1, 0.15) is 33.1 Å². The van der Waals surface area contributed by atoms with Crippen molar-refractivity contribution in [2.75, 3.05) is 7.11 Å². The van der Waals surface area contributed by atoms with Crippen LogP contribution in [0.4, 0.5) is 0 Å². The Labute approximate surface area is 106 Å². The molecule has 1 heteroatoms. The molecular weight excluding hydrogens is 208 g/mol. The molecule has 0 bridgehead atoms. The third kappa shape index (κ3) is 4.64. The van der Waals surface area contributed by atoms with Crippen LogP contribution in [0, 0.1) is 11.8 Å². The summed E-state index contributed by atoms with van der Waals surface area (Å²) in [5.41, 5.74) is 1.46. The molecule has 0 saturated carbocycles. The van der Waals surface area contributed by atoms with Crippen LogP contribution in [0.3, 0.4) is 0 Å². The largest absolute Gasteiger partial charge is 0.497 e. The Morgan fingerprint density at radius 2 is 2.41 bits per heavy atom. The van der Waals surface area contributed by atoms with Gasteiger partial charge in [0.15, 0.2) is 0 Å². The molecule has 1 aliphatic rings. The van der Waals surface area contributed by atoms with E-state index in [4.69, 9.17) is 4.74 Å². The minimum absolute atomic E-state index is 0.564. The lowest BCUT2D eigenvalue weighted by Crippen LogP contribution is -2.10. The number of ether oxygens (including phenoxy) is 1. The van der Waals surface area contributed by atoms with Crippen LogP contribution in [0.2, 0.25) is 0 Å². The predicted molar refractivity (Wildman–Crippen MR) is 74.7 cm³/mol. The smallest absolute Gasteiger partial charge is 0.114 e. The van der Waals surface area contributed by atoms with Gasteiger partial charge in [-0.2, -0.15) is 0 Å². The zero-order valence-electron chi connectivity index (χ0n) is 11.3. The first kappa shape index (κ1) is 13.8. The van der Waals surface area contributed by atoms with E-state index in [2.05, 4.69) is 44.7 Å². The first-order valence-electron chi connectivity index (χ1n) is 6.38. The molecule has 0 aliphatic heterocycles. The highest BCUT2D eigenvalue weighted by atomic mass is 16.5. The molecule has 2 atom stereocenters. The van der Waals surface area contributed by atoms with Crippen molar-refractivity contribution in [3.63, 3.8) is 0 Å². The maximum atomic E-state index is 5.28. The first-order chi connectivity index (χ1) is 8.17. The summed E-state index contributed by atoms with van der Waals surface area (Å²) in [6.07, 6.45) is 14.2. The summed E-state index contributed by atoms with van der Waals surface area (Å²) >= 11 is 0. The molecular formula is C16H24O. The molecule has 17 heavy (non-hydrogen) atoms. The Balaban J connectivity index is 2.58. The average molecular weight is 232 g/mol. The molecule has 0 spiro atoms. The van der Waals surface area contributed by atoms with Crippen LogP contribution >= 0.6 is 0 Å². The van der Waals surface area contributed by atoms with Gasteiger partial charge in [0, 0.05) is 0 Å². The summed E-state index contributed by atoms with van der Waals surface area (Å²) in [6, 6.07) is 0. The summed E-state index contributed by atoms with van der Waals surface area (Å²) in [4.78, 5) is 0. The monoisotopic (exact) mass is 232 g/mol. The van der Waals surface area contributed by atoms with Crippen molar-refractivity contribution in [2.45, 2.75) is 33.1 Å². The Hall–Kier alpha value is -1.24. The SMILES string of the molecule is C=CCC/C(C)=C\C(C)C1C=C(OC)C=CC1. The van der Waals surface area contributed by atoms with E-state index in [-0.39, 0.29) is 0 Å². The van der Waals surface area contributed by atoms with Crippen LogP contribution in [-0.4, -0.2) is 7.11 Å². The molecule has 0 radical (unpaired) electrons. The van der Waals surface area contributed by atoms with E-state index in [1.165, 1.54) is 5.57 Å². The van der Waals surface area contributed by atoms with E-state index in [0.717, 1.165) is 25.0 Å². The molecule has 0 amide bonds. The van der Waals surface area contributed by atoms with E-state index in [0.29, 0.717) is 11.8 Å². The molecule has 2 unspecified atom stereocenters. The van der Waals surface area contributed by atoms with Crippen molar-refractivity contribution in [3.05, 3.63) is 48.3 Å². The third-order valence-corrected chi connectivity index (χ3v) is 3.27. The van der Waals surface area contributed by atoms with Crippen molar-refractivity contribution in [3.8, 4) is 0 Å². The van der Waals surface area contributed by atoms with Crippen molar-refractivity contribution in [1.29, 1.82) is 0 Å². The molecule has 0 heterocycles. The molecule has 1 nitrogen and oxygen atoms in total. The lowest BCUT2D eigenvalue weighted by molar-refractivity contribution is 0.296. The summed E-state index contributed by atoms with van der Waals surface area (Å²) in [5, 5.41) is 0. The van der Waals surface area contributed by atoms with Gasteiger partial charge in [-0.05, 0) is 50.2 Å². The van der Waals surface area contributed by atoms with Gasteiger partial charge in [-0.25, -0.2) is 0 Å². The summed E-state index contributed by atoms with van der Waals surface area (Å²) in [5.74, 6) is 2.12. The lowest BCUT2D eigenvalue weighted by atomic mass is 9.86. The van der Waals surface area contributed by atoms with Crippen LogP contribution in [-0.2, 0) is 4.74 Å². The van der Waals surface area contributed by atoms with Gasteiger partial charge in [0.25, 0.3) is 0 Å². The van der Waals surface area contributed by atoms with Crippen LogP contribution in [0.5, 0.6) is 0 Å². The minimum atomic E-state index is 0.564. The molecule has 94 valence electrons. The summed E-state index contributed by atoms with van der Waals surface area (Å²) in [6.45, 7) is 8.25. The number of hydrogen-bond donors (Lipinski definition) is 0. The molecule has 0 aromatic rings. The molecule has 1 aliphatic carbocycles. The van der Waals surface area contributed by atoms with Crippen molar-refractivity contribution < 1.29 is 4.74 Å². The van der Waals surface area contributed by atoms with Crippen LogP contribution in [0.15, 0.2) is 48.3 Å². The van der Waals surface area contributed by atoms with Gasteiger partial charge in [0.1, 0.15) is 5.76 Å². The molecule has 0 aromatic carbocycles. The maximum absolute atomic E-state index is 5.28. The fourth-order valence-electron chi connectivity index (χ4n) is 2.16. The highest BCUT2D eigenvalue weighted by Crippen LogP contribution is 2.26. The van der Waals surface area contributed by atoms with E-state index in [9.17, 15) is 0 Å². The number of rotatable bonds is 6. The number of methoxy groups -OCH3 is 1. The molecule has 0 N–H and O–H groups in total. The Morgan fingerprint density at radius 1 is 1.65 bits per heavy atom. The fraction of sp³-hybridized carbons (Fsp3) is 0.500. The van der Waals surface area contributed by atoms with E-state index in [1.807, 2.05) is 6.08 Å². The quantitative estimate of drug-likeness (QED) is 0.606. The number of allylic oxidation sites excluding steroid dienone is 6. The zero-order chi connectivity index (χ0) is 12.7. The Morgan fingerprint density at radius 3 is 3.06 bits per heavy atom. The highest BCUT2D eigenvalue weighted by Gasteiger charge is 2.15. The number of hydrogen-bond acceptors (Lipinski definition) is 1. The molecule has 0 fully saturated rings. The topological polar surface area (TPSA) is 9.23 Å². The third-order valence-electron chi connectivity index (χ3n) is 3.27. The predicted octanol–water partition coefficient (Wildman–Crippen LogP) is 4.64. The van der Waals surface area contributed by atoms with E-state index < -0.39 is 0 Å². The minimum Gasteiger partial charge on any atom is -0.497 e. The Bertz CT molecular complexity index is 333. The standard InChI is InChI=1S/C16H24O/c1-5-6-8-13(2)11-14(3)15-9-7-10-16(12-15)17-4/h5,7,10-12,14-15H,1,6,8-9H2,2-4H3/b13-11-. The Kier molecular flexibility index (Phi) is 5.82. The van der Waals surface area contributed by atoms with Gasteiger partial charge in [-0.3, -0.25) is 0 Å². The van der Waals surface area contributed by atoms with E-state index >= 15 is 0 Å². The van der Waals surface area contributed by atoms with E-state index in [1.54, 1.807) is 7.11 Å². The summed E-state index contributed by atoms with van der Waals surface area (Å²) < 4.78 is 5.28. The second kappa shape index (κ2) is 7.16. The summed E-state index contributed by atoms with van der Waals surface area (Å²) in [7, 11) is 1.73. The second-order valence-electron chi connectivity index (χ2n) is 4.77. The average Bonchev–Trinajstić information content (AvgIpc) is 2.36. The zero-order valence-corrected chi connectivity index (χ0v) is 11.3. The molecule has 0 aromatic heterocycles. The van der Waals surface area contributed by atoms with Crippen molar-refractivity contribution >= 4 is 0 Å². The first-order valence-corrected chi connectivity index (χ1v) is 6.38. The van der Waals surface area contributed by atoms with Crippen molar-refractivity contribution in [1.82, 2.24) is 0 Å². The van der Waals surface area contributed by atoms with Crippen LogP contribution in [0.25, 0.3) is 0 Å². The second-order valence-corrected chi connectivity index (χ2v) is 4.77. The normalized spacial score (nSPS) is 21.9. The van der Waals surface area contributed by atoms with Gasteiger partial charge in [0.2, 0.25) is 0 Å². The van der Waals surface area contributed by atoms with Gasteiger partial charge in [-0.15, -0.1) is 6.58 Å². The van der Waals surface area contributed by atoms with Gasteiger partial charge in [-0.1, -0.05) is 30.7 Å². The maximum Gasteiger partial charge on any atom is 0.114 e. The lowest BCUT2D eigenvalue weighted by Gasteiger charge is -2.21. The van der Waals surface area contributed by atoms with Crippen LogP contribution < -0.4 is 0 Å². The molecule has 1 rings (SSSR count). The van der Waals surface area contributed by atoms with Gasteiger partial charge in [0.05, 0.1) is 7.11 Å².